The maximum atomic E-state index is 10.2. The summed E-state index contributed by atoms with van der Waals surface area (Å²) in [5, 5.41) is 14.4. The van der Waals surface area contributed by atoms with Crippen molar-refractivity contribution >= 4 is 0 Å². The number of hydrogen-bond donors (Lipinski definition) is 1. The summed E-state index contributed by atoms with van der Waals surface area (Å²) >= 11 is 0. The van der Waals surface area contributed by atoms with E-state index in [1.807, 2.05) is 12.3 Å². The Kier molecular flexibility index (Phi) is 5.53. The molecule has 0 amide bonds. The highest BCUT2D eigenvalue weighted by atomic mass is 16.5. The molecule has 1 N–H and O–H groups in total. The van der Waals surface area contributed by atoms with Crippen LogP contribution < -0.4 is 4.74 Å². The maximum absolute atomic E-state index is 10.2. The van der Waals surface area contributed by atoms with E-state index in [1.165, 1.54) is 11.1 Å². The summed E-state index contributed by atoms with van der Waals surface area (Å²) in [5.74, 6) is 1.04. The van der Waals surface area contributed by atoms with Gasteiger partial charge in [0.25, 0.3) is 0 Å². The predicted molar refractivity (Wildman–Crippen MR) is 94.2 cm³/mol. The molecule has 24 heavy (non-hydrogen) atoms. The number of β-amino-alcohol motifs (C(OH)–C–C–N with tert-alkyl or cyclic N) is 1. The minimum atomic E-state index is -0.388. The molecule has 130 valence electrons. The Morgan fingerprint density at radius 3 is 2.50 bits per heavy atom. The van der Waals surface area contributed by atoms with E-state index in [9.17, 15) is 5.11 Å². The van der Waals surface area contributed by atoms with E-state index in [2.05, 4.69) is 42.0 Å². The molecule has 2 heterocycles. The highest BCUT2D eigenvalue weighted by Gasteiger charge is 2.23. The molecule has 1 atom stereocenters. The third-order valence-electron chi connectivity index (χ3n) is 4.65. The van der Waals surface area contributed by atoms with Crippen molar-refractivity contribution in [1.82, 2.24) is 14.7 Å². The molecule has 2 aromatic rings. The van der Waals surface area contributed by atoms with Gasteiger partial charge in [-0.2, -0.15) is 5.10 Å². The van der Waals surface area contributed by atoms with Gasteiger partial charge in [0.05, 0.1) is 12.6 Å². The fourth-order valence-electron chi connectivity index (χ4n) is 3.34. The second-order valence-corrected chi connectivity index (χ2v) is 6.72. The first-order chi connectivity index (χ1) is 11.6. The Hall–Kier alpha value is -1.85. The van der Waals surface area contributed by atoms with Gasteiger partial charge in [0.1, 0.15) is 11.9 Å². The highest BCUT2D eigenvalue weighted by molar-refractivity contribution is 5.39. The van der Waals surface area contributed by atoms with Crippen LogP contribution in [0, 0.1) is 13.8 Å². The lowest BCUT2D eigenvalue weighted by Gasteiger charge is -2.33. The van der Waals surface area contributed by atoms with Crippen LogP contribution in [-0.4, -0.2) is 51.6 Å². The molecule has 0 spiro atoms. The Balaban J connectivity index is 1.45. The van der Waals surface area contributed by atoms with Gasteiger partial charge in [-0.3, -0.25) is 4.68 Å². The number of para-hydroxylation sites is 1. The molecule has 1 fully saturated rings. The molecule has 0 aliphatic carbocycles. The number of hydrogen-bond acceptors (Lipinski definition) is 4. The van der Waals surface area contributed by atoms with E-state index in [1.54, 1.807) is 10.9 Å². The number of ether oxygens (including phenoxy) is 1. The lowest BCUT2D eigenvalue weighted by molar-refractivity contribution is 0.0530. The van der Waals surface area contributed by atoms with E-state index in [-0.39, 0.29) is 12.2 Å². The monoisotopic (exact) mass is 329 g/mol. The number of benzene rings is 1. The molecule has 1 aromatic heterocycles. The third-order valence-corrected chi connectivity index (χ3v) is 4.65. The van der Waals surface area contributed by atoms with Gasteiger partial charge in [-0.05, 0) is 43.9 Å². The molecule has 0 saturated carbocycles. The summed E-state index contributed by atoms with van der Waals surface area (Å²) in [6.45, 7) is 7.37. The smallest absolute Gasteiger partial charge is 0.125 e. The first-order valence-corrected chi connectivity index (χ1v) is 8.72. The summed E-state index contributed by atoms with van der Waals surface area (Å²) in [6.07, 6.45) is 5.51. The molecule has 3 rings (SSSR count). The number of aliphatic hydroxyl groups is 1. The Labute approximate surface area is 143 Å². The lowest BCUT2D eigenvalue weighted by Crippen LogP contribution is -2.42. The van der Waals surface area contributed by atoms with Crippen LogP contribution in [0.3, 0.4) is 0 Å². The van der Waals surface area contributed by atoms with E-state index in [0.29, 0.717) is 13.1 Å². The van der Waals surface area contributed by atoms with Crippen molar-refractivity contribution in [2.45, 2.75) is 45.4 Å². The van der Waals surface area contributed by atoms with Crippen LogP contribution >= 0.6 is 0 Å². The van der Waals surface area contributed by atoms with E-state index < -0.39 is 0 Å². The zero-order valence-corrected chi connectivity index (χ0v) is 14.6. The fourth-order valence-corrected chi connectivity index (χ4v) is 3.34. The quantitative estimate of drug-likeness (QED) is 0.884. The van der Waals surface area contributed by atoms with Crippen molar-refractivity contribution in [1.29, 1.82) is 0 Å². The van der Waals surface area contributed by atoms with E-state index in [0.717, 1.165) is 31.7 Å². The summed E-state index contributed by atoms with van der Waals surface area (Å²) in [6, 6.07) is 8.15. The normalized spacial score (nSPS) is 17.8. The number of rotatable bonds is 6. The minimum absolute atomic E-state index is 0.268. The molecular formula is C19H27N3O2. The zero-order chi connectivity index (χ0) is 16.9. The maximum Gasteiger partial charge on any atom is 0.125 e. The first kappa shape index (κ1) is 17.0. The molecule has 5 heteroatoms. The number of aliphatic hydroxyl groups excluding tert-OH is 1. The average molecular weight is 329 g/mol. The van der Waals surface area contributed by atoms with Gasteiger partial charge in [-0.15, -0.1) is 0 Å². The van der Waals surface area contributed by atoms with Crippen LogP contribution in [0.4, 0.5) is 0 Å². The number of piperidine rings is 1. The molecule has 1 aliphatic rings. The standard InChI is InChI=1S/C19H27N3O2/c1-15-5-3-6-16(2)19(15)24-18-7-11-21(12-8-18)13-17(23)14-22-10-4-9-20-22/h3-6,9-10,17-18,23H,7-8,11-14H2,1-2H3/t17-/m0/s1. The average Bonchev–Trinajstić information content (AvgIpc) is 3.05. The van der Waals surface area contributed by atoms with E-state index in [4.69, 9.17) is 4.74 Å². The molecule has 0 bridgehead atoms. The number of likely N-dealkylation sites (tertiary alicyclic amines) is 1. The van der Waals surface area contributed by atoms with Crippen LogP contribution in [0.25, 0.3) is 0 Å². The van der Waals surface area contributed by atoms with Gasteiger partial charge < -0.3 is 14.7 Å². The topological polar surface area (TPSA) is 50.5 Å². The van der Waals surface area contributed by atoms with Crippen LogP contribution in [-0.2, 0) is 6.54 Å². The predicted octanol–water partition coefficient (Wildman–Crippen LogP) is 2.40. The van der Waals surface area contributed by atoms with Gasteiger partial charge in [0.15, 0.2) is 0 Å². The number of aryl methyl sites for hydroxylation is 2. The number of nitrogens with zero attached hydrogens (tertiary/aromatic N) is 3. The largest absolute Gasteiger partial charge is 0.490 e. The highest BCUT2D eigenvalue weighted by Crippen LogP contribution is 2.26. The van der Waals surface area contributed by atoms with Crippen molar-refractivity contribution in [2.75, 3.05) is 19.6 Å². The molecule has 1 aliphatic heterocycles. The fraction of sp³-hybridized carbons (Fsp3) is 0.526. The van der Waals surface area contributed by atoms with Crippen molar-refractivity contribution in [3.05, 3.63) is 47.8 Å². The SMILES string of the molecule is Cc1cccc(C)c1OC1CCN(C[C@H](O)Cn2cccn2)CC1. The molecular weight excluding hydrogens is 302 g/mol. The van der Waals surface area contributed by atoms with Crippen LogP contribution in [0.15, 0.2) is 36.7 Å². The third kappa shape index (κ3) is 4.36. The van der Waals surface area contributed by atoms with E-state index >= 15 is 0 Å². The van der Waals surface area contributed by atoms with Crippen molar-refractivity contribution in [3.63, 3.8) is 0 Å². The zero-order valence-electron chi connectivity index (χ0n) is 14.6. The van der Waals surface area contributed by atoms with Crippen LogP contribution in [0.1, 0.15) is 24.0 Å². The number of aromatic nitrogens is 2. The van der Waals surface area contributed by atoms with Gasteiger partial charge in [0.2, 0.25) is 0 Å². The van der Waals surface area contributed by atoms with Gasteiger partial charge in [-0.25, -0.2) is 0 Å². The summed E-state index contributed by atoms with van der Waals surface area (Å²) in [7, 11) is 0. The van der Waals surface area contributed by atoms with Crippen LogP contribution in [0.2, 0.25) is 0 Å². The molecule has 1 aromatic carbocycles. The van der Waals surface area contributed by atoms with Crippen molar-refractivity contribution < 1.29 is 9.84 Å². The molecule has 5 nitrogen and oxygen atoms in total. The lowest BCUT2D eigenvalue weighted by atomic mass is 10.1. The molecule has 1 saturated heterocycles. The van der Waals surface area contributed by atoms with Gasteiger partial charge >= 0.3 is 0 Å². The minimum Gasteiger partial charge on any atom is -0.490 e. The summed E-state index contributed by atoms with van der Waals surface area (Å²) < 4.78 is 8.03. The Morgan fingerprint density at radius 2 is 1.88 bits per heavy atom. The second kappa shape index (κ2) is 7.81. The summed E-state index contributed by atoms with van der Waals surface area (Å²) in [5.41, 5.74) is 2.40. The second-order valence-electron chi connectivity index (χ2n) is 6.72. The van der Waals surface area contributed by atoms with Crippen molar-refractivity contribution in [3.8, 4) is 5.75 Å². The molecule has 0 unspecified atom stereocenters. The van der Waals surface area contributed by atoms with Gasteiger partial charge in [0, 0.05) is 32.0 Å². The Morgan fingerprint density at radius 1 is 1.17 bits per heavy atom. The van der Waals surface area contributed by atoms with Crippen molar-refractivity contribution in [2.24, 2.45) is 0 Å². The Bertz CT molecular complexity index is 614. The first-order valence-electron chi connectivity index (χ1n) is 8.72. The molecule has 0 radical (unpaired) electrons. The van der Waals surface area contributed by atoms with Gasteiger partial charge in [-0.1, -0.05) is 18.2 Å². The van der Waals surface area contributed by atoms with Crippen LogP contribution in [0.5, 0.6) is 5.75 Å². The summed E-state index contributed by atoms with van der Waals surface area (Å²) in [4.78, 5) is 2.32.